The molecule has 0 aliphatic carbocycles. The van der Waals surface area contributed by atoms with Crippen molar-refractivity contribution in [2.75, 3.05) is 0 Å². The van der Waals surface area contributed by atoms with Crippen LogP contribution in [0.25, 0.3) is 77.7 Å². The van der Waals surface area contributed by atoms with E-state index in [9.17, 15) is 0 Å². The number of aromatic nitrogens is 3. The summed E-state index contributed by atoms with van der Waals surface area (Å²) < 4.78 is 6.00. The Morgan fingerprint density at radius 1 is 0.429 bits per heavy atom. The molecule has 0 radical (unpaired) electrons. The molecule has 198 valence electrons. The molecule has 8 rings (SSSR count). The summed E-state index contributed by atoms with van der Waals surface area (Å²) in [6.07, 6.45) is 0. The lowest BCUT2D eigenvalue weighted by atomic mass is 9.94. The Labute approximate surface area is 246 Å². The number of hydrogen-bond acceptors (Lipinski definition) is 4. The van der Waals surface area contributed by atoms with Crippen molar-refractivity contribution in [3.63, 3.8) is 0 Å². The maximum absolute atomic E-state index is 6.46. The van der Waals surface area contributed by atoms with Crippen molar-refractivity contribution in [2.45, 2.75) is 0 Å². The predicted octanol–water partition coefficient (Wildman–Crippen LogP) is 10.2. The molecule has 0 spiro atoms. The summed E-state index contributed by atoms with van der Waals surface area (Å²) in [5.74, 6) is 1.04. The molecule has 0 atom stereocenters. The van der Waals surface area contributed by atoms with Crippen molar-refractivity contribution in [1.82, 2.24) is 15.0 Å². The van der Waals surface area contributed by atoms with Crippen molar-refractivity contribution in [2.24, 2.45) is 0 Å². The van der Waals surface area contributed by atoms with Crippen molar-refractivity contribution >= 4 is 44.3 Å². The molecule has 0 saturated heterocycles. The highest BCUT2D eigenvalue weighted by molar-refractivity contribution is 6.28. The number of fused-ring (bicyclic) bond motifs is 4. The summed E-state index contributed by atoms with van der Waals surface area (Å²) >= 11 is 6.46. The molecule has 5 heteroatoms. The molecule has 6 aromatic carbocycles. The highest BCUT2D eigenvalue weighted by Crippen LogP contribution is 2.35. The van der Waals surface area contributed by atoms with Gasteiger partial charge in [0.25, 0.3) is 0 Å². The Morgan fingerprint density at radius 2 is 1.07 bits per heavy atom. The fraction of sp³-hybridized carbons (Fsp3) is 0. The van der Waals surface area contributed by atoms with Gasteiger partial charge in [-0.15, -0.1) is 0 Å². The molecule has 0 N–H and O–H groups in total. The van der Waals surface area contributed by atoms with E-state index in [1.807, 2.05) is 54.6 Å². The van der Waals surface area contributed by atoms with Crippen LogP contribution < -0.4 is 0 Å². The molecule has 0 saturated carbocycles. The second-order valence-corrected chi connectivity index (χ2v) is 10.6. The van der Waals surface area contributed by atoms with Gasteiger partial charge in [0.1, 0.15) is 11.2 Å². The predicted molar refractivity (Wildman–Crippen MR) is 171 cm³/mol. The summed E-state index contributed by atoms with van der Waals surface area (Å²) in [4.78, 5) is 13.8. The van der Waals surface area contributed by atoms with Gasteiger partial charge >= 0.3 is 0 Å². The second kappa shape index (κ2) is 9.95. The van der Waals surface area contributed by atoms with Gasteiger partial charge in [0, 0.05) is 21.9 Å². The standard InChI is InChI=1S/C37H22ClN3O/c38-37-40-35(39-36(41-37)28-18-19-34-32(22-28)30-13-4-5-15-33(30)42-34)27-12-6-11-25(20-27)26-17-16-24-10-7-14-29(31(24)21-26)23-8-2-1-3-9-23/h1-22H. The molecule has 8 aromatic rings. The minimum absolute atomic E-state index is 0.149. The molecule has 42 heavy (non-hydrogen) atoms. The first-order chi connectivity index (χ1) is 20.7. The molecule has 4 nitrogen and oxygen atoms in total. The van der Waals surface area contributed by atoms with E-state index in [0.717, 1.165) is 44.2 Å². The molecule has 0 bridgehead atoms. The number of rotatable bonds is 4. The number of nitrogens with zero attached hydrogens (tertiary/aromatic N) is 3. The number of halogens is 1. The van der Waals surface area contributed by atoms with Crippen LogP contribution in [-0.2, 0) is 0 Å². The van der Waals surface area contributed by atoms with Crippen molar-refractivity contribution in [3.8, 4) is 45.0 Å². The number of benzene rings is 6. The monoisotopic (exact) mass is 559 g/mol. The molecule has 0 amide bonds. The lowest BCUT2D eigenvalue weighted by Gasteiger charge is -2.11. The summed E-state index contributed by atoms with van der Waals surface area (Å²) in [5, 5.41) is 4.62. The minimum atomic E-state index is 0.149. The average Bonchev–Trinajstić information content (AvgIpc) is 3.42. The van der Waals surface area contributed by atoms with Gasteiger partial charge in [-0.25, -0.2) is 4.98 Å². The van der Waals surface area contributed by atoms with Crippen molar-refractivity contribution in [1.29, 1.82) is 0 Å². The summed E-state index contributed by atoms with van der Waals surface area (Å²) in [6.45, 7) is 0. The molecule has 0 fully saturated rings. The Balaban J connectivity index is 1.20. The van der Waals surface area contributed by atoms with Crippen LogP contribution in [0.4, 0.5) is 0 Å². The maximum Gasteiger partial charge on any atom is 0.226 e. The fourth-order valence-electron chi connectivity index (χ4n) is 5.63. The van der Waals surface area contributed by atoms with Gasteiger partial charge in [0.15, 0.2) is 11.6 Å². The molecule has 2 aromatic heterocycles. The Bertz CT molecular complexity index is 2270. The fourth-order valence-corrected chi connectivity index (χ4v) is 5.79. The summed E-state index contributed by atoms with van der Waals surface area (Å²) in [6, 6.07) is 45.7. The van der Waals surface area contributed by atoms with E-state index in [4.69, 9.17) is 21.0 Å². The SMILES string of the molecule is Clc1nc(-c2cccc(-c3ccc4cccc(-c5ccccc5)c4c3)c2)nc(-c2ccc3oc4ccccc4c3c2)n1. The van der Waals surface area contributed by atoms with Gasteiger partial charge in [0.05, 0.1) is 0 Å². The quantitative estimate of drug-likeness (QED) is 0.215. The Hall–Kier alpha value is -5.32. The number of hydrogen-bond donors (Lipinski definition) is 0. The van der Waals surface area contributed by atoms with Crippen LogP contribution >= 0.6 is 11.6 Å². The van der Waals surface area contributed by atoms with E-state index in [1.54, 1.807) is 0 Å². The van der Waals surface area contributed by atoms with Crippen LogP contribution in [0.2, 0.25) is 5.28 Å². The van der Waals surface area contributed by atoms with Crippen molar-refractivity contribution in [3.05, 3.63) is 139 Å². The molecule has 2 heterocycles. The van der Waals surface area contributed by atoms with Gasteiger partial charge < -0.3 is 4.42 Å². The lowest BCUT2D eigenvalue weighted by molar-refractivity contribution is 0.669. The Kier molecular flexibility index (Phi) is 5.80. The first-order valence-electron chi connectivity index (χ1n) is 13.7. The lowest BCUT2D eigenvalue weighted by Crippen LogP contribution is -1.97. The topological polar surface area (TPSA) is 51.8 Å². The molecular weight excluding hydrogens is 538 g/mol. The van der Waals surface area contributed by atoms with Gasteiger partial charge in [0.2, 0.25) is 5.28 Å². The van der Waals surface area contributed by atoms with Crippen molar-refractivity contribution < 1.29 is 4.42 Å². The molecular formula is C37H22ClN3O. The Morgan fingerprint density at radius 3 is 1.95 bits per heavy atom. The van der Waals surface area contributed by atoms with Crippen LogP contribution in [-0.4, -0.2) is 15.0 Å². The zero-order valence-corrected chi connectivity index (χ0v) is 23.1. The highest BCUT2D eigenvalue weighted by atomic mass is 35.5. The van der Waals surface area contributed by atoms with Crippen LogP contribution in [0, 0.1) is 0 Å². The first-order valence-corrected chi connectivity index (χ1v) is 14.1. The smallest absolute Gasteiger partial charge is 0.226 e. The third kappa shape index (κ3) is 4.30. The third-order valence-electron chi connectivity index (χ3n) is 7.66. The maximum atomic E-state index is 6.46. The largest absolute Gasteiger partial charge is 0.456 e. The summed E-state index contributed by atoms with van der Waals surface area (Å²) in [5.41, 5.74) is 7.97. The van der Waals surface area contributed by atoms with Gasteiger partial charge in [-0.2, -0.15) is 9.97 Å². The molecule has 0 aliphatic rings. The second-order valence-electron chi connectivity index (χ2n) is 10.2. The average molecular weight is 560 g/mol. The van der Waals surface area contributed by atoms with E-state index in [2.05, 4.69) is 88.8 Å². The highest BCUT2D eigenvalue weighted by Gasteiger charge is 2.14. The van der Waals surface area contributed by atoms with E-state index >= 15 is 0 Å². The van der Waals surface area contributed by atoms with Gasteiger partial charge in [-0.1, -0.05) is 97.1 Å². The van der Waals surface area contributed by atoms with E-state index in [-0.39, 0.29) is 5.28 Å². The van der Waals surface area contributed by atoms with Gasteiger partial charge in [-0.3, -0.25) is 0 Å². The zero-order valence-electron chi connectivity index (χ0n) is 22.3. The van der Waals surface area contributed by atoms with E-state index in [0.29, 0.717) is 11.6 Å². The number of furan rings is 1. The zero-order chi connectivity index (χ0) is 28.0. The van der Waals surface area contributed by atoms with Gasteiger partial charge in [-0.05, 0) is 81.0 Å². The minimum Gasteiger partial charge on any atom is -0.456 e. The van der Waals surface area contributed by atoms with E-state index < -0.39 is 0 Å². The van der Waals surface area contributed by atoms with Crippen LogP contribution in [0.1, 0.15) is 0 Å². The van der Waals surface area contributed by atoms with Crippen LogP contribution in [0.3, 0.4) is 0 Å². The molecule has 0 aliphatic heterocycles. The normalized spacial score (nSPS) is 11.5. The number of para-hydroxylation sites is 1. The van der Waals surface area contributed by atoms with Crippen LogP contribution in [0.15, 0.2) is 138 Å². The third-order valence-corrected chi connectivity index (χ3v) is 7.83. The van der Waals surface area contributed by atoms with E-state index in [1.165, 1.54) is 21.9 Å². The molecule has 0 unspecified atom stereocenters. The first kappa shape index (κ1) is 24.5. The van der Waals surface area contributed by atoms with Crippen LogP contribution in [0.5, 0.6) is 0 Å². The summed E-state index contributed by atoms with van der Waals surface area (Å²) in [7, 11) is 0.